The first-order valence-corrected chi connectivity index (χ1v) is 8.42. The highest BCUT2D eigenvalue weighted by Crippen LogP contribution is 2.19. The fraction of sp³-hybridized carbons (Fsp3) is 0.316. The zero-order valence-electron chi connectivity index (χ0n) is 15.3. The zero-order chi connectivity index (χ0) is 18.8. The van der Waals surface area contributed by atoms with E-state index in [9.17, 15) is 9.59 Å². The number of carbonyl (C=O) groups is 1. The highest BCUT2D eigenvalue weighted by atomic mass is 16.5. The number of imidazole rings is 1. The lowest BCUT2D eigenvalue weighted by atomic mass is 10.1. The third-order valence-corrected chi connectivity index (χ3v) is 4.04. The van der Waals surface area contributed by atoms with Gasteiger partial charge in [-0.05, 0) is 24.1 Å². The number of anilines is 1. The maximum atomic E-state index is 12.5. The lowest BCUT2D eigenvalue weighted by molar-refractivity contribution is 0.101. The van der Waals surface area contributed by atoms with Crippen LogP contribution in [0.4, 0.5) is 5.69 Å². The summed E-state index contributed by atoms with van der Waals surface area (Å²) in [6, 6.07) is 6.76. The molecule has 0 atom stereocenters. The van der Waals surface area contributed by atoms with E-state index >= 15 is 0 Å². The predicted molar refractivity (Wildman–Crippen MR) is 101 cm³/mol. The van der Waals surface area contributed by atoms with E-state index < -0.39 is 0 Å². The van der Waals surface area contributed by atoms with Crippen molar-refractivity contribution in [2.75, 3.05) is 12.4 Å². The van der Waals surface area contributed by atoms with Crippen molar-refractivity contribution in [3.05, 3.63) is 52.2 Å². The van der Waals surface area contributed by atoms with E-state index in [4.69, 9.17) is 4.74 Å². The number of pyridine rings is 1. The van der Waals surface area contributed by atoms with Crippen LogP contribution in [0, 0.1) is 5.92 Å². The Kier molecular flexibility index (Phi) is 4.79. The molecule has 0 spiro atoms. The average molecular weight is 354 g/mol. The largest absolute Gasteiger partial charge is 0.491 e. The molecule has 3 aromatic rings. The number of aromatic amines is 1. The molecule has 1 aromatic carbocycles. The number of fused-ring (bicyclic) bond motifs is 1. The number of carbonyl (C=O) groups excluding carboxylic acids is 1. The molecular weight excluding hydrogens is 332 g/mol. The molecule has 136 valence electrons. The molecule has 7 nitrogen and oxygen atoms in total. The van der Waals surface area contributed by atoms with Crippen LogP contribution >= 0.6 is 0 Å². The van der Waals surface area contributed by atoms with Gasteiger partial charge in [0.25, 0.3) is 5.91 Å². The number of hydrogen-bond donors (Lipinski definition) is 2. The van der Waals surface area contributed by atoms with Crippen LogP contribution in [0.25, 0.3) is 11.0 Å². The van der Waals surface area contributed by atoms with Crippen LogP contribution < -0.4 is 15.5 Å². The van der Waals surface area contributed by atoms with Gasteiger partial charge in [-0.2, -0.15) is 0 Å². The smallest absolute Gasteiger partial charge is 0.272 e. The Hall–Kier alpha value is -3.09. The van der Waals surface area contributed by atoms with E-state index in [2.05, 4.69) is 29.1 Å². The van der Waals surface area contributed by atoms with Crippen LogP contribution in [0.2, 0.25) is 0 Å². The molecule has 0 fully saturated rings. The van der Waals surface area contributed by atoms with E-state index in [1.165, 1.54) is 19.4 Å². The van der Waals surface area contributed by atoms with Gasteiger partial charge in [0.2, 0.25) is 5.43 Å². The van der Waals surface area contributed by atoms with Crippen LogP contribution in [-0.4, -0.2) is 27.6 Å². The second-order valence-electron chi connectivity index (χ2n) is 6.67. The van der Waals surface area contributed by atoms with Gasteiger partial charge in [-0.3, -0.25) is 9.59 Å². The molecule has 2 aromatic heterocycles. The molecule has 0 aliphatic carbocycles. The van der Waals surface area contributed by atoms with Gasteiger partial charge in [0, 0.05) is 25.2 Å². The SMILES string of the molecule is COc1cn(C)c(C(=O)Nc2ccc3nc(CC(C)C)[nH]c3c2)cc1=O. The van der Waals surface area contributed by atoms with Crippen molar-refractivity contribution in [1.29, 1.82) is 0 Å². The second-order valence-corrected chi connectivity index (χ2v) is 6.67. The Morgan fingerprint density at radius 1 is 1.35 bits per heavy atom. The number of rotatable bonds is 5. The van der Waals surface area contributed by atoms with Gasteiger partial charge in [0.05, 0.1) is 24.3 Å². The number of amides is 1. The quantitative estimate of drug-likeness (QED) is 0.737. The van der Waals surface area contributed by atoms with Crippen molar-refractivity contribution in [3.8, 4) is 5.75 Å². The molecule has 2 N–H and O–H groups in total. The van der Waals surface area contributed by atoms with E-state index in [1.54, 1.807) is 17.7 Å². The van der Waals surface area contributed by atoms with Crippen molar-refractivity contribution < 1.29 is 9.53 Å². The van der Waals surface area contributed by atoms with Gasteiger partial charge in [0.1, 0.15) is 11.5 Å². The van der Waals surface area contributed by atoms with Crippen molar-refractivity contribution >= 4 is 22.6 Å². The lowest BCUT2D eigenvalue weighted by Crippen LogP contribution is -2.21. The summed E-state index contributed by atoms with van der Waals surface area (Å²) in [7, 11) is 3.11. The number of nitrogens with zero attached hydrogens (tertiary/aromatic N) is 2. The van der Waals surface area contributed by atoms with Gasteiger partial charge in [0.15, 0.2) is 5.75 Å². The standard InChI is InChI=1S/C19H22N4O3/c1-11(2)7-18-21-13-6-5-12(8-14(13)22-18)20-19(25)15-9-16(24)17(26-4)10-23(15)3/h5-6,8-11H,7H2,1-4H3,(H,20,25)(H,21,22). The molecule has 7 heteroatoms. The van der Waals surface area contributed by atoms with Gasteiger partial charge in [-0.15, -0.1) is 0 Å². The second kappa shape index (κ2) is 7.03. The summed E-state index contributed by atoms with van der Waals surface area (Å²) in [5.41, 5.74) is 2.27. The summed E-state index contributed by atoms with van der Waals surface area (Å²) in [5, 5.41) is 2.82. The van der Waals surface area contributed by atoms with Gasteiger partial charge >= 0.3 is 0 Å². The number of aryl methyl sites for hydroxylation is 1. The Bertz CT molecular complexity index is 1020. The van der Waals surface area contributed by atoms with Crippen LogP contribution in [0.5, 0.6) is 5.75 Å². The Morgan fingerprint density at radius 3 is 2.81 bits per heavy atom. The Morgan fingerprint density at radius 2 is 2.12 bits per heavy atom. The van der Waals surface area contributed by atoms with Crippen LogP contribution in [0.1, 0.15) is 30.2 Å². The first kappa shape index (κ1) is 17.7. The van der Waals surface area contributed by atoms with Crippen molar-refractivity contribution in [1.82, 2.24) is 14.5 Å². The fourth-order valence-electron chi connectivity index (χ4n) is 2.80. The van der Waals surface area contributed by atoms with Crippen LogP contribution in [0.15, 0.2) is 35.3 Å². The van der Waals surface area contributed by atoms with E-state index in [0.717, 1.165) is 23.3 Å². The molecule has 3 rings (SSSR count). The Balaban J connectivity index is 1.85. The van der Waals surface area contributed by atoms with Crippen molar-refractivity contribution in [2.24, 2.45) is 13.0 Å². The minimum Gasteiger partial charge on any atom is -0.491 e. The molecule has 1 amide bonds. The molecule has 0 aliphatic rings. The molecule has 0 unspecified atom stereocenters. The number of benzene rings is 1. The molecule has 2 heterocycles. The highest BCUT2D eigenvalue weighted by Gasteiger charge is 2.13. The summed E-state index contributed by atoms with van der Waals surface area (Å²) < 4.78 is 6.54. The predicted octanol–water partition coefficient (Wildman–Crippen LogP) is 2.72. The minimum atomic E-state index is -0.367. The zero-order valence-corrected chi connectivity index (χ0v) is 15.3. The molecule has 0 aliphatic heterocycles. The van der Waals surface area contributed by atoms with Gasteiger partial charge < -0.3 is 19.6 Å². The normalized spacial score (nSPS) is 11.1. The minimum absolute atomic E-state index is 0.195. The van der Waals surface area contributed by atoms with Gasteiger partial charge in [-0.25, -0.2) is 4.98 Å². The summed E-state index contributed by atoms with van der Waals surface area (Å²) in [6.07, 6.45) is 2.36. The highest BCUT2D eigenvalue weighted by molar-refractivity contribution is 6.03. The van der Waals surface area contributed by atoms with Crippen LogP contribution in [0.3, 0.4) is 0 Å². The lowest BCUT2D eigenvalue weighted by Gasteiger charge is -2.10. The molecule has 0 saturated carbocycles. The number of nitrogens with one attached hydrogen (secondary N) is 2. The summed E-state index contributed by atoms with van der Waals surface area (Å²) in [5.74, 6) is 1.26. The summed E-state index contributed by atoms with van der Waals surface area (Å²) in [4.78, 5) is 32.3. The molecule has 0 bridgehead atoms. The molecule has 26 heavy (non-hydrogen) atoms. The third-order valence-electron chi connectivity index (χ3n) is 4.04. The molecule has 0 radical (unpaired) electrons. The fourth-order valence-corrected chi connectivity index (χ4v) is 2.80. The first-order chi connectivity index (χ1) is 12.4. The molecule has 0 saturated heterocycles. The van der Waals surface area contributed by atoms with E-state index in [0.29, 0.717) is 11.6 Å². The van der Waals surface area contributed by atoms with Crippen molar-refractivity contribution in [2.45, 2.75) is 20.3 Å². The van der Waals surface area contributed by atoms with E-state index in [-0.39, 0.29) is 22.8 Å². The summed E-state index contributed by atoms with van der Waals surface area (Å²) >= 11 is 0. The third kappa shape index (κ3) is 3.61. The monoisotopic (exact) mass is 354 g/mol. The number of aromatic nitrogens is 3. The first-order valence-electron chi connectivity index (χ1n) is 8.42. The number of ether oxygens (including phenoxy) is 1. The summed E-state index contributed by atoms with van der Waals surface area (Å²) in [6.45, 7) is 4.27. The average Bonchev–Trinajstić information content (AvgIpc) is 2.97. The van der Waals surface area contributed by atoms with Gasteiger partial charge in [-0.1, -0.05) is 13.8 Å². The van der Waals surface area contributed by atoms with Crippen LogP contribution in [-0.2, 0) is 13.5 Å². The van der Waals surface area contributed by atoms with Crippen molar-refractivity contribution in [3.63, 3.8) is 0 Å². The molecular formula is C19H22N4O3. The number of hydrogen-bond acceptors (Lipinski definition) is 4. The Labute approximate surface area is 151 Å². The topological polar surface area (TPSA) is 89.0 Å². The maximum Gasteiger partial charge on any atom is 0.272 e. The number of methoxy groups -OCH3 is 1. The number of H-pyrrole nitrogens is 1. The van der Waals surface area contributed by atoms with E-state index in [1.807, 2.05) is 12.1 Å². The maximum absolute atomic E-state index is 12.5.